The zero-order chi connectivity index (χ0) is 16.5. The summed E-state index contributed by atoms with van der Waals surface area (Å²) in [7, 11) is -0.963. The van der Waals surface area contributed by atoms with Gasteiger partial charge in [0.2, 0.25) is 5.34 Å². The van der Waals surface area contributed by atoms with Gasteiger partial charge in [-0.1, -0.05) is 60.7 Å². The van der Waals surface area contributed by atoms with E-state index in [0.717, 1.165) is 0 Å². The minimum absolute atomic E-state index is 0.659. The van der Waals surface area contributed by atoms with Crippen molar-refractivity contribution in [1.29, 1.82) is 0 Å². The molecule has 0 saturated carbocycles. The van der Waals surface area contributed by atoms with Crippen molar-refractivity contribution in [2.24, 2.45) is 0 Å². The number of hydrogen-bond acceptors (Lipinski definition) is 5. The van der Waals surface area contributed by atoms with Crippen molar-refractivity contribution in [3.63, 3.8) is 0 Å². The number of aliphatic hydroxyl groups excluding tert-OH is 1. The molecule has 2 aromatic rings. The van der Waals surface area contributed by atoms with Crippen LogP contribution in [0.5, 0.6) is 0 Å². The molecule has 6 heteroatoms. The highest BCUT2D eigenvalue weighted by Gasteiger charge is 2.73. The third-order valence-corrected chi connectivity index (χ3v) is 6.53. The van der Waals surface area contributed by atoms with Gasteiger partial charge in [-0.15, -0.1) is 0 Å². The van der Waals surface area contributed by atoms with E-state index < -0.39 is 25.1 Å². The number of aliphatic hydroxyl groups is 1. The molecule has 0 aromatic heterocycles. The molecule has 1 heterocycles. The Morgan fingerprint density at radius 1 is 1.04 bits per heavy atom. The largest absolute Gasteiger partial charge is 0.386 e. The lowest BCUT2D eigenvalue weighted by atomic mass is 10.0. The molecule has 0 bridgehead atoms. The van der Waals surface area contributed by atoms with Gasteiger partial charge in [0.25, 0.3) is 0 Å². The molecule has 3 rings (SSSR count). The molecule has 23 heavy (non-hydrogen) atoms. The van der Waals surface area contributed by atoms with Crippen LogP contribution in [0, 0.1) is 0 Å². The maximum absolute atomic E-state index is 13.1. The molecular formula is C17H19O5P. The number of hydrogen-bond donors (Lipinski definition) is 1. The summed E-state index contributed by atoms with van der Waals surface area (Å²) in [6.45, 7) is 0. The maximum atomic E-state index is 13.1. The summed E-state index contributed by atoms with van der Waals surface area (Å²) in [6, 6.07) is 18.2. The zero-order valence-corrected chi connectivity index (χ0v) is 13.9. The van der Waals surface area contributed by atoms with Crippen LogP contribution in [-0.4, -0.2) is 25.4 Å². The van der Waals surface area contributed by atoms with Gasteiger partial charge in [-0.25, -0.2) is 0 Å². The fourth-order valence-electron chi connectivity index (χ4n) is 2.90. The van der Waals surface area contributed by atoms with Gasteiger partial charge >= 0.3 is 7.60 Å². The van der Waals surface area contributed by atoms with E-state index >= 15 is 0 Å². The van der Waals surface area contributed by atoms with Crippen molar-refractivity contribution in [2.75, 3.05) is 14.2 Å². The molecule has 2 aromatic carbocycles. The van der Waals surface area contributed by atoms with E-state index in [1.165, 1.54) is 14.2 Å². The van der Waals surface area contributed by atoms with Crippen LogP contribution in [0.25, 0.3) is 0 Å². The fraction of sp³-hybridized carbons (Fsp3) is 0.294. The summed E-state index contributed by atoms with van der Waals surface area (Å²) in [5.74, 6) is 0. The van der Waals surface area contributed by atoms with Gasteiger partial charge in [-0.05, 0) is 11.1 Å². The molecule has 122 valence electrons. The van der Waals surface area contributed by atoms with Crippen molar-refractivity contribution in [2.45, 2.75) is 17.6 Å². The van der Waals surface area contributed by atoms with E-state index in [1.807, 2.05) is 36.4 Å². The van der Waals surface area contributed by atoms with E-state index in [4.69, 9.17) is 13.8 Å². The molecule has 1 fully saturated rings. The molecular weight excluding hydrogens is 315 g/mol. The van der Waals surface area contributed by atoms with Gasteiger partial charge in [-0.3, -0.25) is 4.57 Å². The van der Waals surface area contributed by atoms with Crippen LogP contribution in [0.4, 0.5) is 0 Å². The SMILES string of the molecule is COP(=O)(OC)[C@]1(c2ccccc2)O[C@@H]1C(O)c1ccccc1. The van der Waals surface area contributed by atoms with Gasteiger partial charge in [0, 0.05) is 14.2 Å². The van der Waals surface area contributed by atoms with Gasteiger partial charge in [-0.2, -0.15) is 0 Å². The second-order valence-electron chi connectivity index (χ2n) is 5.32. The molecule has 1 saturated heterocycles. The van der Waals surface area contributed by atoms with Crippen molar-refractivity contribution in [3.05, 3.63) is 71.8 Å². The smallest absolute Gasteiger partial charge is 0.369 e. The number of benzene rings is 2. The Hall–Kier alpha value is -1.49. The van der Waals surface area contributed by atoms with Crippen LogP contribution in [0.1, 0.15) is 17.2 Å². The van der Waals surface area contributed by atoms with Crippen molar-refractivity contribution in [3.8, 4) is 0 Å². The predicted molar refractivity (Wildman–Crippen MR) is 86.0 cm³/mol. The third kappa shape index (κ3) is 2.55. The molecule has 0 amide bonds. The molecule has 1 N–H and O–H groups in total. The fourth-order valence-corrected chi connectivity index (χ4v) is 4.75. The summed E-state index contributed by atoms with van der Waals surface area (Å²) in [4.78, 5) is 0. The summed E-state index contributed by atoms with van der Waals surface area (Å²) in [5.41, 5.74) is 1.35. The summed E-state index contributed by atoms with van der Waals surface area (Å²) >= 11 is 0. The molecule has 1 aliphatic rings. The number of rotatable bonds is 6. The van der Waals surface area contributed by atoms with Gasteiger partial charge in [0.1, 0.15) is 12.2 Å². The zero-order valence-electron chi connectivity index (χ0n) is 13.0. The van der Waals surface area contributed by atoms with E-state index in [1.54, 1.807) is 24.3 Å². The second-order valence-corrected chi connectivity index (χ2v) is 7.71. The van der Waals surface area contributed by atoms with Crippen LogP contribution in [0.2, 0.25) is 0 Å². The lowest BCUT2D eigenvalue weighted by Crippen LogP contribution is -2.20. The van der Waals surface area contributed by atoms with E-state index in [0.29, 0.717) is 11.1 Å². The summed E-state index contributed by atoms with van der Waals surface area (Å²) in [6.07, 6.45) is -1.65. The van der Waals surface area contributed by atoms with E-state index in [-0.39, 0.29) is 0 Å². The number of epoxide rings is 1. The van der Waals surface area contributed by atoms with Crippen LogP contribution < -0.4 is 0 Å². The summed E-state index contributed by atoms with van der Waals surface area (Å²) in [5, 5.41) is 9.36. The Kier molecular flexibility index (Phi) is 4.41. The maximum Gasteiger partial charge on any atom is 0.369 e. The first-order chi connectivity index (χ1) is 11.1. The highest BCUT2D eigenvalue weighted by molar-refractivity contribution is 7.55. The van der Waals surface area contributed by atoms with E-state index in [2.05, 4.69) is 0 Å². The minimum Gasteiger partial charge on any atom is -0.386 e. The first kappa shape index (κ1) is 16.4. The monoisotopic (exact) mass is 334 g/mol. The lowest BCUT2D eigenvalue weighted by molar-refractivity contribution is 0.136. The topological polar surface area (TPSA) is 68.3 Å². The standard InChI is InChI=1S/C17H19O5P/c1-20-23(19,21-2)17(14-11-7-4-8-12-14)16(22-17)15(18)13-9-5-3-6-10-13/h3-12,15-16,18H,1-2H3/t15?,16-,17+/m1/s1. The minimum atomic E-state index is -3.61. The average molecular weight is 334 g/mol. The first-order valence-corrected chi connectivity index (χ1v) is 8.81. The quantitative estimate of drug-likeness (QED) is 0.647. The van der Waals surface area contributed by atoms with Crippen LogP contribution in [0.15, 0.2) is 60.7 Å². The third-order valence-electron chi connectivity index (χ3n) is 4.14. The van der Waals surface area contributed by atoms with Gasteiger partial charge in [0.05, 0.1) is 0 Å². The lowest BCUT2D eigenvalue weighted by Gasteiger charge is -2.23. The van der Waals surface area contributed by atoms with Gasteiger partial charge in [0.15, 0.2) is 0 Å². The molecule has 0 radical (unpaired) electrons. The van der Waals surface area contributed by atoms with Crippen LogP contribution >= 0.6 is 7.60 Å². The Balaban J connectivity index is 2.02. The first-order valence-electron chi connectivity index (χ1n) is 7.27. The molecule has 0 aliphatic carbocycles. The van der Waals surface area contributed by atoms with Crippen molar-refractivity contribution in [1.82, 2.24) is 0 Å². The Morgan fingerprint density at radius 3 is 2.09 bits per heavy atom. The number of ether oxygens (including phenoxy) is 1. The Bertz CT molecular complexity index is 697. The molecule has 5 nitrogen and oxygen atoms in total. The predicted octanol–water partition coefficient (Wildman–Crippen LogP) is 3.46. The molecule has 1 unspecified atom stereocenters. The Morgan fingerprint density at radius 2 is 1.57 bits per heavy atom. The van der Waals surface area contributed by atoms with Crippen LogP contribution in [-0.2, 0) is 23.7 Å². The molecule has 1 aliphatic heterocycles. The van der Waals surface area contributed by atoms with Crippen molar-refractivity contribution < 1.29 is 23.5 Å². The van der Waals surface area contributed by atoms with Crippen molar-refractivity contribution >= 4 is 7.60 Å². The van der Waals surface area contributed by atoms with Crippen LogP contribution in [0.3, 0.4) is 0 Å². The highest BCUT2D eigenvalue weighted by atomic mass is 31.2. The molecule has 0 spiro atoms. The second kappa shape index (κ2) is 6.19. The normalized spacial score (nSPS) is 25.1. The Labute approximate surface area is 135 Å². The highest BCUT2D eigenvalue weighted by Crippen LogP contribution is 2.76. The van der Waals surface area contributed by atoms with E-state index in [9.17, 15) is 9.67 Å². The average Bonchev–Trinajstić information content (AvgIpc) is 3.39. The van der Waals surface area contributed by atoms with Gasteiger partial charge < -0.3 is 18.9 Å². The summed E-state index contributed by atoms with van der Waals surface area (Å²) < 4.78 is 29.3. The molecule has 3 atom stereocenters.